The Morgan fingerprint density at radius 2 is 2.43 bits per heavy atom. The van der Waals surface area contributed by atoms with Gasteiger partial charge in [0.15, 0.2) is 5.75 Å². The Bertz CT molecular complexity index is 325. The lowest BCUT2D eigenvalue weighted by Gasteiger charge is -2.23. The molecule has 0 aliphatic heterocycles. The average Bonchev–Trinajstić information content (AvgIpc) is 2.51. The van der Waals surface area contributed by atoms with Crippen LogP contribution in [0, 0.1) is 0 Å². The largest absolute Gasteiger partial charge is 0.486 e. The summed E-state index contributed by atoms with van der Waals surface area (Å²) in [6, 6.07) is 0. The van der Waals surface area contributed by atoms with Crippen molar-refractivity contribution in [3.8, 4) is 5.75 Å². The molecule has 0 radical (unpaired) electrons. The normalized spacial score (nSPS) is 16.8. The van der Waals surface area contributed by atoms with E-state index < -0.39 is 0 Å². The van der Waals surface area contributed by atoms with Crippen LogP contribution in [0.15, 0.2) is 12.4 Å². The second-order valence-corrected chi connectivity index (χ2v) is 3.63. The topological polar surface area (TPSA) is 44.1 Å². The number of hydrogen-bond acceptors (Lipinski definition) is 3. The van der Waals surface area contributed by atoms with Crippen LogP contribution < -0.4 is 4.74 Å². The third-order valence-corrected chi connectivity index (χ3v) is 2.28. The van der Waals surface area contributed by atoms with Crippen LogP contribution in [-0.4, -0.2) is 21.7 Å². The molecule has 1 aromatic heterocycles. The molecular formula is C10H14N2O2. The summed E-state index contributed by atoms with van der Waals surface area (Å²) in [7, 11) is 0. The van der Waals surface area contributed by atoms with Gasteiger partial charge in [0.25, 0.3) is 0 Å². The summed E-state index contributed by atoms with van der Waals surface area (Å²) >= 11 is 0. The zero-order valence-corrected chi connectivity index (χ0v) is 8.27. The molecule has 0 bridgehead atoms. The van der Waals surface area contributed by atoms with Crippen LogP contribution in [0.5, 0.6) is 5.75 Å². The Labute approximate surface area is 82.9 Å². The van der Waals surface area contributed by atoms with E-state index in [-0.39, 0.29) is 11.9 Å². The first kappa shape index (κ1) is 9.24. The highest BCUT2D eigenvalue weighted by atomic mass is 16.5. The van der Waals surface area contributed by atoms with Crippen LogP contribution in [0.2, 0.25) is 0 Å². The highest BCUT2D eigenvalue weighted by molar-refractivity contribution is 5.85. The van der Waals surface area contributed by atoms with Gasteiger partial charge in [0.1, 0.15) is 11.9 Å². The summed E-state index contributed by atoms with van der Waals surface area (Å²) in [5, 5.41) is 4.14. The molecule has 0 saturated heterocycles. The number of carbonyl (C=O) groups is 1. The van der Waals surface area contributed by atoms with Crippen molar-refractivity contribution in [1.29, 1.82) is 0 Å². The van der Waals surface area contributed by atoms with Crippen LogP contribution >= 0.6 is 0 Å². The molecule has 0 amide bonds. The highest BCUT2D eigenvalue weighted by Crippen LogP contribution is 2.21. The van der Waals surface area contributed by atoms with E-state index in [1.165, 1.54) is 0 Å². The maximum absolute atomic E-state index is 10.7. The quantitative estimate of drug-likeness (QED) is 0.727. The molecule has 0 aromatic carbocycles. The van der Waals surface area contributed by atoms with Crippen molar-refractivity contribution in [3.05, 3.63) is 12.4 Å². The maximum atomic E-state index is 10.7. The SMILES string of the molecule is CCCn1cc(OC2CC(=O)C2)cn1. The molecule has 4 heteroatoms. The molecule has 1 fully saturated rings. The number of aromatic nitrogens is 2. The Kier molecular flexibility index (Phi) is 2.52. The Morgan fingerprint density at radius 3 is 3.07 bits per heavy atom. The van der Waals surface area contributed by atoms with Gasteiger partial charge in [0.2, 0.25) is 0 Å². The lowest BCUT2D eigenvalue weighted by molar-refractivity contribution is -0.129. The standard InChI is InChI=1S/C10H14N2O2/c1-2-3-12-7-10(6-11-12)14-9-4-8(13)5-9/h6-7,9H,2-5H2,1H3. The van der Waals surface area contributed by atoms with Gasteiger partial charge in [-0.2, -0.15) is 5.10 Å². The zero-order valence-electron chi connectivity index (χ0n) is 8.27. The van der Waals surface area contributed by atoms with Crippen molar-refractivity contribution in [2.45, 2.75) is 38.8 Å². The van der Waals surface area contributed by atoms with Gasteiger partial charge in [-0.05, 0) is 6.42 Å². The Balaban J connectivity index is 1.87. The van der Waals surface area contributed by atoms with E-state index in [1.807, 2.05) is 10.9 Å². The highest BCUT2D eigenvalue weighted by Gasteiger charge is 2.28. The minimum atomic E-state index is 0.0850. The Hall–Kier alpha value is -1.32. The summed E-state index contributed by atoms with van der Waals surface area (Å²) in [4.78, 5) is 10.7. The molecule has 0 N–H and O–H groups in total. The third-order valence-electron chi connectivity index (χ3n) is 2.28. The van der Waals surface area contributed by atoms with Crippen molar-refractivity contribution in [1.82, 2.24) is 9.78 Å². The van der Waals surface area contributed by atoms with E-state index in [9.17, 15) is 4.79 Å². The number of carbonyl (C=O) groups excluding carboxylic acids is 1. The number of aryl methyl sites for hydroxylation is 1. The van der Waals surface area contributed by atoms with E-state index in [1.54, 1.807) is 6.20 Å². The van der Waals surface area contributed by atoms with Crippen LogP contribution in [-0.2, 0) is 11.3 Å². The monoisotopic (exact) mass is 194 g/mol. The fourth-order valence-corrected chi connectivity index (χ4v) is 1.48. The molecule has 1 saturated carbocycles. The zero-order chi connectivity index (χ0) is 9.97. The molecule has 0 spiro atoms. The van der Waals surface area contributed by atoms with Crippen molar-refractivity contribution in [2.75, 3.05) is 0 Å². The molecule has 14 heavy (non-hydrogen) atoms. The maximum Gasteiger partial charge on any atom is 0.157 e. The molecule has 1 aliphatic rings. The van der Waals surface area contributed by atoms with Gasteiger partial charge in [0.05, 0.1) is 12.4 Å². The second kappa shape index (κ2) is 3.82. The van der Waals surface area contributed by atoms with E-state index >= 15 is 0 Å². The minimum Gasteiger partial charge on any atom is -0.486 e. The van der Waals surface area contributed by atoms with Crippen molar-refractivity contribution >= 4 is 5.78 Å². The van der Waals surface area contributed by atoms with Gasteiger partial charge in [-0.1, -0.05) is 6.92 Å². The first-order chi connectivity index (χ1) is 6.78. The van der Waals surface area contributed by atoms with Crippen molar-refractivity contribution in [3.63, 3.8) is 0 Å². The fraction of sp³-hybridized carbons (Fsp3) is 0.600. The molecular weight excluding hydrogens is 180 g/mol. The second-order valence-electron chi connectivity index (χ2n) is 3.63. The number of rotatable bonds is 4. The van der Waals surface area contributed by atoms with Crippen LogP contribution in [0.1, 0.15) is 26.2 Å². The predicted octanol–water partition coefficient (Wildman–Crippen LogP) is 1.40. The lowest BCUT2D eigenvalue weighted by atomic mass is 9.94. The summed E-state index contributed by atoms with van der Waals surface area (Å²) in [5.74, 6) is 1.06. The van der Waals surface area contributed by atoms with Crippen molar-refractivity contribution in [2.24, 2.45) is 0 Å². The van der Waals surface area contributed by atoms with Gasteiger partial charge in [-0.25, -0.2) is 0 Å². The number of nitrogens with zero attached hydrogens (tertiary/aromatic N) is 2. The summed E-state index contributed by atoms with van der Waals surface area (Å²) in [6.07, 6.45) is 5.84. The van der Waals surface area contributed by atoms with Gasteiger partial charge in [0, 0.05) is 19.4 Å². The molecule has 1 aliphatic carbocycles. The molecule has 76 valence electrons. The number of hydrogen-bond donors (Lipinski definition) is 0. The lowest BCUT2D eigenvalue weighted by Crippen LogP contribution is -2.33. The van der Waals surface area contributed by atoms with Gasteiger partial charge >= 0.3 is 0 Å². The van der Waals surface area contributed by atoms with E-state index in [2.05, 4.69) is 12.0 Å². The molecule has 2 rings (SSSR count). The Morgan fingerprint density at radius 1 is 1.64 bits per heavy atom. The van der Waals surface area contributed by atoms with Crippen LogP contribution in [0.4, 0.5) is 0 Å². The average molecular weight is 194 g/mol. The number of Topliss-reactive ketones (excluding diaryl/α,β-unsaturated/α-hetero) is 1. The first-order valence-electron chi connectivity index (χ1n) is 4.98. The summed E-state index contributed by atoms with van der Waals surface area (Å²) in [6.45, 7) is 3.01. The third kappa shape index (κ3) is 1.95. The predicted molar refractivity (Wildman–Crippen MR) is 51.2 cm³/mol. The molecule has 1 heterocycles. The first-order valence-corrected chi connectivity index (χ1v) is 4.98. The number of ether oxygens (including phenoxy) is 1. The van der Waals surface area contributed by atoms with E-state index in [0.717, 1.165) is 18.7 Å². The van der Waals surface area contributed by atoms with E-state index in [4.69, 9.17) is 4.74 Å². The molecule has 0 atom stereocenters. The molecule has 0 unspecified atom stereocenters. The van der Waals surface area contributed by atoms with Crippen molar-refractivity contribution < 1.29 is 9.53 Å². The fourth-order valence-electron chi connectivity index (χ4n) is 1.48. The summed E-state index contributed by atoms with van der Waals surface area (Å²) < 4.78 is 7.40. The van der Waals surface area contributed by atoms with Crippen LogP contribution in [0.3, 0.4) is 0 Å². The van der Waals surface area contributed by atoms with Gasteiger partial charge in [-0.15, -0.1) is 0 Å². The van der Waals surface area contributed by atoms with Gasteiger partial charge in [-0.3, -0.25) is 9.48 Å². The van der Waals surface area contributed by atoms with Crippen LogP contribution in [0.25, 0.3) is 0 Å². The molecule has 1 aromatic rings. The smallest absolute Gasteiger partial charge is 0.157 e. The van der Waals surface area contributed by atoms with Gasteiger partial charge < -0.3 is 4.74 Å². The summed E-state index contributed by atoms with van der Waals surface area (Å²) in [5.41, 5.74) is 0. The molecule has 4 nitrogen and oxygen atoms in total. The minimum absolute atomic E-state index is 0.0850. The number of ketones is 1. The van der Waals surface area contributed by atoms with E-state index in [0.29, 0.717) is 12.8 Å².